The van der Waals surface area contributed by atoms with Gasteiger partial charge in [-0.25, -0.2) is 9.18 Å². The van der Waals surface area contributed by atoms with Gasteiger partial charge in [-0.05, 0) is 24.6 Å². The van der Waals surface area contributed by atoms with Crippen LogP contribution in [0.1, 0.15) is 15.9 Å². The standard InChI is InChI=1S/C10H8F4O2S/c1-5-2-7(11)6(9(15)16)3-8(5)17-4-10(12,13)14/h2-3H,4H2,1H3,(H,15,16). The minimum atomic E-state index is -4.35. The van der Waals surface area contributed by atoms with E-state index in [1.807, 2.05) is 0 Å². The molecule has 1 N–H and O–H groups in total. The van der Waals surface area contributed by atoms with Gasteiger partial charge in [-0.15, -0.1) is 11.8 Å². The molecule has 0 amide bonds. The quantitative estimate of drug-likeness (QED) is 0.673. The van der Waals surface area contributed by atoms with E-state index in [2.05, 4.69) is 0 Å². The van der Waals surface area contributed by atoms with Crippen LogP contribution in [0.5, 0.6) is 0 Å². The Labute approximate surface area is 98.6 Å². The number of thioether (sulfide) groups is 1. The molecule has 0 saturated carbocycles. The molecule has 0 aliphatic heterocycles. The predicted molar refractivity (Wildman–Crippen MR) is 54.9 cm³/mol. The lowest BCUT2D eigenvalue weighted by Gasteiger charge is -2.09. The Morgan fingerprint density at radius 1 is 1.41 bits per heavy atom. The number of hydrogen-bond donors (Lipinski definition) is 1. The summed E-state index contributed by atoms with van der Waals surface area (Å²) in [6, 6.07) is 1.84. The zero-order chi connectivity index (χ0) is 13.2. The van der Waals surface area contributed by atoms with Gasteiger partial charge < -0.3 is 5.11 Å². The highest BCUT2D eigenvalue weighted by molar-refractivity contribution is 7.99. The number of rotatable bonds is 3. The van der Waals surface area contributed by atoms with Gasteiger partial charge in [0.1, 0.15) is 5.82 Å². The van der Waals surface area contributed by atoms with Crippen LogP contribution in [-0.4, -0.2) is 23.0 Å². The summed E-state index contributed by atoms with van der Waals surface area (Å²) >= 11 is 0.439. The van der Waals surface area contributed by atoms with Crippen molar-refractivity contribution < 1.29 is 27.5 Å². The van der Waals surface area contributed by atoms with Crippen LogP contribution in [0.3, 0.4) is 0 Å². The lowest BCUT2D eigenvalue weighted by Crippen LogP contribution is -2.11. The molecule has 0 fully saturated rings. The Morgan fingerprint density at radius 3 is 2.47 bits per heavy atom. The molecule has 0 aromatic heterocycles. The van der Waals surface area contributed by atoms with Gasteiger partial charge in [-0.3, -0.25) is 0 Å². The fourth-order valence-corrected chi connectivity index (χ4v) is 1.94. The summed E-state index contributed by atoms with van der Waals surface area (Å²) in [6.07, 6.45) is -4.35. The smallest absolute Gasteiger partial charge is 0.398 e. The molecular formula is C10H8F4O2S. The van der Waals surface area contributed by atoms with Crippen LogP contribution in [0.25, 0.3) is 0 Å². The molecule has 0 spiro atoms. The summed E-state index contributed by atoms with van der Waals surface area (Å²) in [5.74, 6) is -3.60. The summed E-state index contributed by atoms with van der Waals surface area (Å²) in [4.78, 5) is 10.7. The maximum Gasteiger partial charge on any atom is 0.398 e. The molecule has 1 rings (SSSR count). The van der Waals surface area contributed by atoms with Crippen LogP contribution in [-0.2, 0) is 0 Å². The summed E-state index contributed by atoms with van der Waals surface area (Å²) in [5, 5.41) is 8.64. The first-order valence-corrected chi connectivity index (χ1v) is 5.42. The van der Waals surface area contributed by atoms with Crippen LogP contribution in [0.4, 0.5) is 17.6 Å². The largest absolute Gasteiger partial charge is 0.478 e. The minimum absolute atomic E-state index is 0.112. The Kier molecular flexibility index (Phi) is 4.03. The van der Waals surface area contributed by atoms with E-state index >= 15 is 0 Å². The zero-order valence-electron chi connectivity index (χ0n) is 8.64. The maximum absolute atomic E-state index is 13.1. The van der Waals surface area contributed by atoms with Gasteiger partial charge in [-0.1, -0.05) is 0 Å². The van der Waals surface area contributed by atoms with E-state index in [1.165, 1.54) is 6.92 Å². The van der Waals surface area contributed by atoms with Crippen molar-refractivity contribution in [3.63, 3.8) is 0 Å². The van der Waals surface area contributed by atoms with E-state index in [1.54, 1.807) is 0 Å². The lowest BCUT2D eigenvalue weighted by atomic mass is 10.1. The van der Waals surface area contributed by atoms with E-state index in [4.69, 9.17) is 5.11 Å². The van der Waals surface area contributed by atoms with Crippen molar-refractivity contribution in [1.82, 2.24) is 0 Å². The average Bonchev–Trinajstić information content (AvgIpc) is 2.14. The second-order valence-electron chi connectivity index (χ2n) is 3.31. The van der Waals surface area contributed by atoms with Gasteiger partial charge in [0.25, 0.3) is 0 Å². The number of carbonyl (C=O) groups is 1. The first-order chi connectivity index (χ1) is 7.70. The third-order valence-corrected chi connectivity index (χ3v) is 3.11. The van der Waals surface area contributed by atoms with Gasteiger partial charge >= 0.3 is 12.1 Å². The predicted octanol–water partition coefficient (Wildman–Crippen LogP) is 3.49. The first-order valence-electron chi connectivity index (χ1n) is 4.43. The second-order valence-corrected chi connectivity index (χ2v) is 4.32. The average molecular weight is 268 g/mol. The van der Waals surface area contributed by atoms with Crippen molar-refractivity contribution in [3.8, 4) is 0 Å². The van der Waals surface area contributed by atoms with Gasteiger partial charge in [0.2, 0.25) is 0 Å². The number of hydrogen-bond acceptors (Lipinski definition) is 2. The van der Waals surface area contributed by atoms with Crippen molar-refractivity contribution in [2.24, 2.45) is 0 Å². The molecular weight excluding hydrogens is 260 g/mol. The van der Waals surface area contributed by atoms with Crippen molar-refractivity contribution >= 4 is 17.7 Å². The van der Waals surface area contributed by atoms with Gasteiger partial charge in [0, 0.05) is 4.90 Å². The first kappa shape index (κ1) is 13.8. The Morgan fingerprint density at radius 2 is 2.00 bits per heavy atom. The van der Waals surface area contributed by atoms with E-state index < -0.39 is 29.3 Å². The number of aryl methyl sites for hydroxylation is 1. The number of alkyl halides is 3. The zero-order valence-corrected chi connectivity index (χ0v) is 9.45. The molecule has 0 saturated heterocycles. The molecule has 0 aliphatic carbocycles. The van der Waals surface area contributed by atoms with Crippen LogP contribution < -0.4 is 0 Å². The Hall–Kier alpha value is -1.24. The highest BCUT2D eigenvalue weighted by Gasteiger charge is 2.28. The lowest BCUT2D eigenvalue weighted by molar-refractivity contribution is -0.105. The molecule has 0 bridgehead atoms. The van der Waals surface area contributed by atoms with Crippen LogP contribution in [0, 0.1) is 12.7 Å². The number of aromatic carboxylic acids is 1. The van der Waals surface area contributed by atoms with E-state index in [0.717, 1.165) is 12.1 Å². The van der Waals surface area contributed by atoms with E-state index in [0.29, 0.717) is 11.8 Å². The Balaban J connectivity index is 3.00. The third-order valence-electron chi connectivity index (χ3n) is 1.89. The molecule has 1 aromatic carbocycles. The molecule has 0 atom stereocenters. The topological polar surface area (TPSA) is 37.3 Å². The fraction of sp³-hybridized carbons (Fsp3) is 0.300. The molecule has 17 heavy (non-hydrogen) atoms. The third kappa shape index (κ3) is 3.92. The molecule has 0 radical (unpaired) electrons. The van der Waals surface area contributed by atoms with Crippen molar-refractivity contribution in [3.05, 3.63) is 29.1 Å². The van der Waals surface area contributed by atoms with Crippen molar-refractivity contribution in [1.29, 1.82) is 0 Å². The van der Waals surface area contributed by atoms with Crippen LogP contribution >= 0.6 is 11.8 Å². The highest BCUT2D eigenvalue weighted by atomic mass is 32.2. The molecule has 0 aliphatic rings. The van der Waals surface area contributed by atoms with Crippen molar-refractivity contribution in [2.75, 3.05) is 5.75 Å². The highest BCUT2D eigenvalue weighted by Crippen LogP contribution is 2.30. The second kappa shape index (κ2) is 4.95. The molecule has 2 nitrogen and oxygen atoms in total. The summed E-state index contributed by atoms with van der Waals surface area (Å²) < 4.78 is 49.1. The number of carboxylic acid groups (broad SMARTS) is 1. The minimum Gasteiger partial charge on any atom is -0.478 e. The molecule has 0 heterocycles. The summed E-state index contributed by atoms with van der Waals surface area (Å²) in [7, 11) is 0. The Bertz CT molecular complexity index is 443. The number of halogens is 4. The summed E-state index contributed by atoms with van der Waals surface area (Å²) in [5.41, 5.74) is -0.345. The number of carboxylic acids is 1. The molecule has 7 heteroatoms. The molecule has 1 aromatic rings. The van der Waals surface area contributed by atoms with E-state index in [-0.39, 0.29) is 10.5 Å². The monoisotopic (exact) mass is 268 g/mol. The normalized spacial score (nSPS) is 11.6. The number of benzene rings is 1. The fourth-order valence-electron chi connectivity index (χ4n) is 1.13. The van der Waals surface area contributed by atoms with Crippen molar-refractivity contribution in [2.45, 2.75) is 18.0 Å². The van der Waals surface area contributed by atoms with Gasteiger partial charge in [0.15, 0.2) is 0 Å². The maximum atomic E-state index is 13.1. The summed E-state index contributed by atoms with van der Waals surface area (Å²) in [6.45, 7) is 1.42. The van der Waals surface area contributed by atoms with Gasteiger partial charge in [0.05, 0.1) is 11.3 Å². The van der Waals surface area contributed by atoms with Crippen LogP contribution in [0.15, 0.2) is 17.0 Å². The molecule has 0 unspecified atom stereocenters. The van der Waals surface area contributed by atoms with Gasteiger partial charge in [-0.2, -0.15) is 13.2 Å². The SMILES string of the molecule is Cc1cc(F)c(C(=O)O)cc1SCC(F)(F)F. The van der Waals surface area contributed by atoms with Crippen LogP contribution in [0.2, 0.25) is 0 Å². The van der Waals surface area contributed by atoms with E-state index in [9.17, 15) is 22.4 Å². The molecule has 94 valence electrons.